The summed E-state index contributed by atoms with van der Waals surface area (Å²) in [5, 5.41) is 3.77. The van der Waals surface area contributed by atoms with Crippen LogP contribution in [0.1, 0.15) is 61.3 Å². The van der Waals surface area contributed by atoms with Crippen LogP contribution in [0.4, 0.5) is 10.5 Å². The van der Waals surface area contributed by atoms with Gasteiger partial charge in [-0.2, -0.15) is 0 Å². The summed E-state index contributed by atoms with van der Waals surface area (Å²) in [6, 6.07) is 2.37. The molecule has 4 nitrogen and oxygen atoms in total. The van der Waals surface area contributed by atoms with Crippen molar-refractivity contribution in [3.8, 4) is 0 Å². The molecule has 2 N–H and O–H groups in total. The summed E-state index contributed by atoms with van der Waals surface area (Å²) in [5.41, 5.74) is 6.88. The molecule has 0 aromatic heterocycles. The Labute approximate surface area is 161 Å². The van der Waals surface area contributed by atoms with E-state index in [2.05, 4.69) is 27.9 Å². The molecule has 0 saturated carbocycles. The van der Waals surface area contributed by atoms with Gasteiger partial charge in [-0.25, -0.2) is 4.79 Å². The summed E-state index contributed by atoms with van der Waals surface area (Å²) in [6.07, 6.45) is 10.6. The van der Waals surface area contributed by atoms with Crippen molar-refractivity contribution in [2.75, 3.05) is 25.0 Å². The van der Waals surface area contributed by atoms with Crippen molar-refractivity contribution in [2.24, 2.45) is 0 Å². The third-order valence-electron chi connectivity index (χ3n) is 6.10. The monoisotopic (exact) mass is 373 g/mol. The fraction of sp³-hybridized carbons (Fsp3) is 0.667. The molecule has 1 saturated heterocycles. The number of piperidine rings is 1. The second kappa shape index (κ2) is 8.22. The first-order chi connectivity index (χ1) is 12.7. The number of fused-ring (bicyclic) bond motifs is 2. The number of benzene rings is 1. The van der Waals surface area contributed by atoms with Gasteiger partial charge in [0.25, 0.3) is 0 Å². The highest BCUT2D eigenvalue weighted by Gasteiger charge is 2.25. The van der Waals surface area contributed by atoms with Gasteiger partial charge < -0.3 is 10.2 Å². The smallest absolute Gasteiger partial charge is 0.307 e. The fourth-order valence-corrected chi connectivity index (χ4v) is 5.58. The molecule has 1 aromatic rings. The summed E-state index contributed by atoms with van der Waals surface area (Å²) >= 11 is 1.62. The number of likely N-dealkylation sites (tertiary alicyclic amines) is 1. The average molecular weight is 374 g/mol. The molecule has 1 aromatic carbocycles. The highest BCUT2D eigenvalue weighted by molar-refractivity contribution is 7.98. The zero-order valence-electron chi connectivity index (χ0n) is 15.9. The number of aryl methyl sites for hydroxylation is 2. The normalized spacial score (nSPS) is 20.0. The van der Waals surface area contributed by atoms with Crippen LogP contribution in [0.3, 0.4) is 0 Å². The van der Waals surface area contributed by atoms with Crippen LogP contribution < -0.4 is 10.0 Å². The van der Waals surface area contributed by atoms with Crippen LogP contribution in [0, 0.1) is 0 Å². The Morgan fingerprint density at radius 2 is 1.77 bits per heavy atom. The van der Waals surface area contributed by atoms with E-state index in [1.807, 2.05) is 0 Å². The van der Waals surface area contributed by atoms with Crippen molar-refractivity contribution in [1.29, 1.82) is 0 Å². The van der Waals surface area contributed by atoms with Crippen molar-refractivity contribution >= 4 is 23.7 Å². The molecule has 3 aliphatic rings. The molecule has 142 valence electrons. The Morgan fingerprint density at radius 3 is 2.38 bits per heavy atom. The lowest BCUT2D eigenvalue weighted by molar-refractivity contribution is 0.233. The number of carbonyl (C=O) groups is 1. The number of anilines is 1. The van der Waals surface area contributed by atoms with E-state index in [1.54, 1.807) is 11.9 Å². The number of hydrogen-bond acceptors (Lipinski definition) is 3. The maximum Gasteiger partial charge on any atom is 0.329 e. The Bertz CT molecular complexity index is 635. The quantitative estimate of drug-likeness (QED) is 0.756. The zero-order chi connectivity index (χ0) is 17.9. The maximum absolute atomic E-state index is 12.6. The molecule has 0 bridgehead atoms. The van der Waals surface area contributed by atoms with Crippen LogP contribution in [-0.4, -0.2) is 35.8 Å². The molecule has 1 heterocycles. The van der Waals surface area contributed by atoms with Gasteiger partial charge in [0.05, 0.1) is 0 Å². The van der Waals surface area contributed by atoms with Gasteiger partial charge in [-0.15, -0.1) is 0 Å². The number of hydrogen-bond donors (Lipinski definition) is 2. The summed E-state index contributed by atoms with van der Waals surface area (Å²) in [4.78, 5) is 15.1. The summed E-state index contributed by atoms with van der Waals surface area (Å²) in [6.45, 7) is 5.77. The minimum atomic E-state index is -0.0413. The lowest BCUT2D eigenvalue weighted by Gasteiger charge is -2.31. The first kappa shape index (κ1) is 18.2. The predicted molar refractivity (Wildman–Crippen MR) is 110 cm³/mol. The van der Waals surface area contributed by atoms with Crippen LogP contribution in [-0.2, 0) is 25.7 Å². The van der Waals surface area contributed by atoms with E-state index in [0.717, 1.165) is 31.6 Å². The van der Waals surface area contributed by atoms with Gasteiger partial charge in [0.1, 0.15) is 0 Å². The van der Waals surface area contributed by atoms with Gasteiger partial charge in [-0.1, -0.05) is 13.0 Å². The van der Waals surface area contributed by atoms with Crippen molar-refractivity contribution in [2.45, 2.75) is 70.0 Å². The zero-order valence-corrected chi connectivity index (χ0v) is 16.7. The molecule has 2 aliphatic carbocycles. The topological polar surface area (TPSA) is 44.4 Å². The van der Waals surface area contributed by atoms with Crippen LogP contribution in [0.2, 0.25) is 0 Å². The molecule has 5 heteroatoms. The van der Waals surface area contributed by atoms with Gasteiger partial charge >= 0.3 is 6.03 Å². The SMILES string of the molecule is CCCN1CCC(SNC(=O)Nc2c3c(cc4c2CCC4)CCC3)CC1. The minimum absolute atomic E-state index is 0.0413. The third-order valence-corrected chi connectivity index (χ3v) is 7.21. The number of nitrogens with one attached hydrogen (secondary N) is 2. The maximum atomic E-state index is 12.6. The van der Waals surface area contributed by atoms with E-state index in [1.165, 1.54) is 73.7 Å². The first-order valence-electron chi connectivity index (χ1n) is 10.4. The number of amides is 2. The van der Waals surface area contributed by atoms with E-state index >= 15 is 0 Å². The Kier molecular flexibility index (Phi) is 5.75. The molecular formula is C21H31N3OS. The summed E-state index contributed by atoms with van der Waals surface area (Å²) in [7, 11) is 0. The minimum Gasteiger partial charge on any atom is -0.307 e. The molecule has 0 spiro atoms. The van der Waals surface area contributed by atoms with Gasteiger partial charge in [0.15, 0.2) is 0 Å². The molecule has 1 fully saturated rings. The van der Waals surface area contributed by atoms with Crippen molar-refractivity contribution in [3.05, 3.63) is 28.3 Å². The average Bonchev–Trinajstić information content (AvgIpc) is 3.30. The number of nitrogens with zero attached hydrogens (tertiary/aromatic N) is 1. The lowest BCUT2D eigenvalue weighted by Crippen LogP contribution is -2.37. The number of urea groups is 1. The van der Waals surface area contributed by atoms with E-state index < -0.39 is 0 Å². The Balaban J connectivity index is 1.34. The van der Waals surface area contributed by atoms with E-state index in [9.17, 15) is 4.79 Å². The van der Waals surface area contributed by atoms with Gasteiger partial charge in [0.2, 0.25) is 0 Å². The summed E-state index contributed by atoms with van der Waals surface area (Å²) < 4.78 is 3.08. The van der Waals surface area contributed by atoms with Crippen molar-refractivity contribution in [3.63, 3.8) is 0 Å². The summed E-state index contributed by atoms with van der Waals surface area (Å²) in [5.74, 6) is 0. The second-order valence-electron chi connectivity index (χ2n) is 7.95. The lowest BCUT2D eigenvalue weighted by atomic mass is 9.99. The fourth-order valence-electron chi connectivity index (χ4n) is 4.81. The molecule has 0 radical (unpaired) electrons. The largest absolute Gasteiger partial charge is 0.329 e. The standard InChI is InChI=1S/C21H31N3OS/c1-2-11-24-12-9-17(10-13-24)26-23-21(25)22-20-18-7-3-5-15(18)14-16-6-4-8-19(16)20/h14,17H,2-13H2,1H3,(H2,22,23,25). The highest BCUT2D eigenvalue weighted by Crippen LogP contribution is 2.38. The number of rotatable bonds is 5. The molecule has 2 amide bonds. The third kappa shape index (κ3) is 3.89. The molecule has 4 rings (SSSR count). The second-order valence-corrected chi connectivity index (χ2v) is 9.06. The van der Waals surface area contributed by atoms with Gasteiger partial charge in [-0.05, 0) is 112 Å². The first-order valence-corrected chi connectivity index (χ1v) is 11.2. The van der Waals surface area contributed by atoms with Crippen molar-refractivity contribution < 1.29 is 4.79 Å². The highest BCUT2D eigenvalue weighted by atomic mass is 32.2. The van der Waals surface area contributed by atoms with Crippen LogP contribution in [0.5, 0.6) is 0 Å². The van der Waals surface area contributed by atoms with E-state index in [-0.39, 0.29) is 6.03 Å². The van der Waals surface area contributed by atoms with E-state index in [4.69, 9.17) is 0 Å². The van der Waals surface area contributed by atoms with E-state index in [0.29, 0.717) is 5.25 Å². The van der Waals surface area contributed by atoms with Crippen molar-refractivity contribution in [1.82, 2.24) is 9.62 Å². The van der Waals surface area contributed by atoms with Crippen LogP contribution >= 0.6 is 11.9 Å². The Hall–Kier alpha value is -1.20. The molecule has 0 atom stereocenters. The molecular weight excluding hydrogens is 342 g/mol. The molecule has 1 aliphatic heterocycles. The number of carbonyl (C=O) groups excluding carboxylic acids is 1. The molecule has 0 unspecified atom stereocenters. The van der Waals surface area contributed by atoms with Crippen LogP contribution in [0.15, 0.2) is 6.07 Å². The van der Waals surface area contributed by atoms with Crippen LogP contribution in [0.25, 0.3) is 0 Å². The Morgan fingerprint density at radius 1 is 1.12 bits per heavy atom. The molecule has 26 heavy (non-hydrogen) atoms. The predicted octanol–water partition coefficient (Wildman–Crippen LogP) is 4.31. The van der Waals surface area contributed by atoms with Gasteiger partial charge in [0, 0.05) is 10.9 Å². The van der Waals surface area contributed by atoms with Gasteiger partial charge in [-0.3, -0.25) is 4.72 Å².